The van der Waals surface area contributed by atoms with Crippen LogP contribution in [0, 0.1) is 14.9 Å². The second-order valence-corrected chi connectivity index (χ2v) is 3.67. The first-order chi connectivity index (χ1) is 6.60. The molecule has 2 N–H and O–H groups in total. The number of hydrogen-bond acceptors (Lipinski definition) is 3. The molecule has 0 aromatic heterocycles. The number of halogens is 1. The van der Waals surface area contributed by atoms with Gasteiger partial charge in [0.15, 0.2) is 0 Å². The zero-order valence-electron chi connectivity index (χ0n) is 7.37. The van der Waals surface area contributed by atoms with E-state index in [2.05, 4.69) is 0 Å². The van der Waals surface area contributed by atoms with Gasteiger partial charge in [0.05, 0.1) is 18.2 Å². The smallest absolute Gasteiger partial charge is 0.249 e. The molecule has 0 aliphatic carbocycles. The van der Waals surface area contributed by atoms with Gasteiger partial charge in [-0.1, -0.05) is 0 Å². The summed E-state index contributed by atoms with van der Waals surface area (Å²) in [5.41, 5.74) is 5.90. The molecule has 0 saturated heterocycles. The average molecular weight is 302 g/mol. The molecule has 0 unspecified atom stereocenters. The van der Waals surface area contributed by atoms with Crippen molar-refractivity contribution in [1.29, 1.82) is 5.26 Å². The van der Waals surface area contributed by atoms with E-state index in [4.69, 9.17) is 15.7 Å². The summed E-state index contributed by atoms with van der Waals surface area (Å²) in [6.07, 6.45) is 0. The Kier molecular flexibility index (Phi) is 3.30. The summed E-state index contributed by atoms with van der Waals surface area (Å²) in [6.45, 7) is 0. The topological polar surface area (TPSA) is 76.1 Å². The number of carbonyl (C=O) groups is 1. The molecule has 0 radical (unpaired) electrons. The van der Waals surface area contributed by atoms with Crippen LogP contribution in [0.3, 0.4) is 0 Å². The highest BCUT2D eigenvalue weighted by atomic mass is 127. The van der Waals surface area contributed by atoms with Crippen molar-refractivity contribution in [3.8, 4) is 11.8 Å². The number of hydrogen-bond donors (Lipinski definition) is 1. The van der Waals surface area contributed by atoms with Crippen molar-refractivity contribution in [2.45, 2.75) is 0 Å². The maximum absolute atomic E-state index is 11.0. The molecule has 0 aliphatic heterocycles. The van der Waals surface area contributed by atoms with Gasteiger partial charge in [-0.15, -0.1) is 0 Å². The maximum atomic E-state index is 11.0. The molecular formula is C9H7IN2O2. The molecule has 0 aliphatic rings. The summed E-state index contributed by atoms with van der Waals surface area (Å²) in [5, 5.41) is 8.75. The number of rotatable bonds is 2. The monoisotopic (exact) mass is 302 g/mol. The Morgan fingerprint density at radius 3 is 2.71 bits per heavy atom. The van der Waals surface area contributed by atoms with E-state index in [1.807, 2.05) is 28.7 Å². The molecular weight excluding hydrogens is 295 g/mol. The Morgan fingerprint density at radius 1 is 1.64 bits per heavy atom. The van der Waals surface area contributed by atoms with Gasteiger partial charge in [-0.3, -0.25) is 4.79 Å². The zero-order chi connectivity index (χ0) is 10.7. The van der Waals surface area contributed by atoms with E-state index in [0.29, 0.717) is 20.4 Å². The number of amides is 1. The lowest BCUT2D eigenvalue weighted by Crippen LogP contribution is -2.13. The maximum Gasteiger partial charge on any atom is 0.249 e. The van der Waals surface area contributed by atoms with E-state index < -0.39 is 5.91 Å². The lowest BCUT2D eigenvalue weighted by molar-refractivity contribution is 0.0999. The summed E-state index contributed by atoms with van der Waals surface area (Å²) < 4.78 is 5.59. The van der Waals surface area contributed by atoms with Gasteiger partial charge in [-0.05, 0) is 34.7 Å². The molecule has 4 nitrogen and oxygen atoms in total. The molecule has 1 amide bonds. The number of methoxy groups -OCH3 is 1. The number of benzene rings is 1. The van der Waals surface area contributed by atoms with E-state index >= 15 is 0 Å². The number of primary amides is 1. The summed E-state index contributed by atoms with van der Waals surface area (Å²) in [5.74, 6) is -0.168. The minimum Gasteiger partial charge on any atom is -0.495 e. The quantitative estimate of drug-likeness (QED) is 0.836. The van der Waals surface area contributed by atoms with Crippen LogP contribution >= 0.6 is 22.6 Å². The first-order valence-electron chi connectivity index (χ1n) is 3.67. The van der Waals surface area contributed by atoms with Crippen molar-refractivity contribution in [1.82, 2.24) is 0 Å². The van der Waals surface area contributed by atoms with E-state index in [1.165, 1.54) is 13.2 Å². The van der Waals surface area contributed by atoms with Crippen LogP contribution in [0.2, 0.25) is 0 Å². The summed E-state index contributed by atoms with van der Waals surface area (Å²) >= 11 is 1.95. The fraction of sp³-hybridized carbons (Fsp3) is 0.111. The van der Waals surface area contributed by atoms with Gasteiger partial charge in [-0.2, -0.15) is 5.26 Å². The molecule has 1 aromatic rings. The summed E-state index contributed by atoms with van der Waals surface area (Å²) in [4.78, 5) is 11.0. The van der Waals surface area contributed by atoms with E-state index in [0.717, 1.165) is 0 Å². The summed E-state index contributed by atoms with van der Waals surface area (Å²) in [7, 11) is 1.44. The minimum atomic E-state index is -0.530. The first-order valence-corrected chi connectivity index (χ1v) is 4.75. The lowest BCUT2D eigenvalue weighted by Gasteiger charge is -2.06. The predicted molar refractivity (Wildman–Crippen MR) is 58.9 cm³/mol. The van der Waals surface area contributed by atoms with Gasteiger partial charge in [0.25, 0.3) is 0 Å². The molecule has 0 heterocycles. The molecule has 0 fully saturated rings. The number of carbonyl (C=O) groups excluding carboxylic acids is 1. The number of ether oxygens (including phenoxy) is 1. The molecule has 0 saturated carbocycles. The largest absolute Gasteiger partial charge is 0.495 e. The van der Waals surface area contributed by atoms with Crippen molar-refractivity contribution >= 4 is 28.5 Å². The van der Waals surface area contributed by atoms with E-state index in [9.17, 15) is 4.79 Å². The molecule has 0 spiro atoms. The third-order valence-electron chi connectivity index (χ3n) is 1.68. The highest BCUT2D eigenvalue weighted by Crippen LogP contribution is 2.23. The van der Waals surface area contributed by atoms with Crippen LogP contribution in [0.25, 0.3) is 0 Å². The SMILES string of the molecule is COc1cc(C(N)=O)c(I)cc1C#N. The Bertz CT molecular complexity index is 424. The second-order valence-electron chi connectivity index (χ2n) is 2.51. The van der Waals surface area contributed by atoms with E-state index in [1.54, 1.807) is 6.07 Å². The molecule has 1 aromatic carbocycles. The number of nitrogens with two attached hydrogens (primary N) is 1. The Labute approximate surface area is 94.8 Å². The molecule has 0 atom stereocenters. The lowest BCUT2D eigenvalue weighted by atomic mass is 10.1. The zero-order valence-corrected chi connectivity index (χ0v) is 9.53. The highest BCUT2D eigenvalue weighted by molar-refractivity contribution is 14.1. The van der Waals surface area contributed by atoms with Crippen molar-refractivity contribution in [2.24, 2.45) is 5.73 Å². The van der Waals surface area contributed by atoms with Gasteiger partial charge < -0.3 is 10.5 Å². The Morgan fingerprint density at radius 2 is 2.29 bits per heavy atom. The van der Waals surface area contributed by atoms with Crippen LogP contribution in [0.1, 0.15) is 15.9 Å². The molecule has 72 valence electrons. The predicted octanol–water partition coefficient (Wildman–Crippen LogP) is 1.27. The van der Waals surface area contributed by atoms with Crippen molar-refractivity contribution in [3.63, 3.8) is 0 Å². The molecule has 14 heavy (non-hydrogen) atoms. The normalized spacial score (nSPS) is 9.21. The third-order valence-corrected chi connectivity index (χ3v) is 2.57. The third kappa shape index (κ3) is 1.96. The highest BCUT2D eigenvalue weighted by Gasteiger charge is 2.11. The number of nitrogens with zero attached hydrogens (tertiary/aromatic N) is 1. The van der Waals surface area contributed by atoms with Crippen LogP contribution < -0.4 is 10.5 Å². The van der Waals surface area contributed by atoms with Gasteiger partial charge in [0.2, 0.25) is 5.91 Å². The van der Waals surface area contributed by atoms with Crippen LogP contribution in [0.4, 0.5) is 0 Å². The van der Waals surface area contributed by atoms with Crippen LogP contribution in [-0.2, 0) is 0 Å². The number of nitriles is 1. The second kappa shape index (κ2) is 4.28. The fourth-order valence-electron chi connectivity index (χ4n) is 0.998. The molecule has 0 bridgehead atoms. The molecule has 1 rings (SSSR count). The van der Waals surface area contributed by atoms with Gasteiger partial charge in [0, 0.05) is 3.57 Å². The van der Waals surface area contributed by atoms with Crippen molar-refractivity contribution in [2.75, 3.05) is 7.11 Å². The standard InChI is InChI=1S/C9H7IN2O2/c1-14-8-3-6(9(12)13)7(10)2-5(8)4-11/h2-3H,1H3,(H2,12,13). The summed E-state index contributed by atoms with van der Waals surface area (Å²) in [6, 6.07) is 5.02. The van der Waals surface area contributed by atoms with E-state index in [-0.39, 0.29) is 0 Å². The fourth-order valence-corrected chi connectivity index (χ4v) is 1.73. The molecule has 5 heteroatoms. The van der Waals surface area contributed by atoms with Crippen molar-refractivity contribution < 1.29 is 9.53 Å². The first kappa shape index (κ1) is 10.8. The minimum absolute atomic E-state index is 0.362. The Balaban J connectivity index is 3.39. The van der Waals surface area contributed by atoms with Crippen LogP contribution in [-0.4, -0.2) is 13.0 Å². The Hall–Kier alpha value is -1.29. The average Bonchev–Trinajstić information content (AvgIpc) is 2.16. The van der Waals surface area contributed by atoms with Gasteiger partial charge >= 0.3 is 0 Å². The van der Waals surface area contributed by atoms with Gasteiger partial charge in [-0.25, -0.2) is 0 Å². The van der Waals surface area contributed by atoms with Gasteiger partial charge in [0.1, 0.15) is 11.8 Å². The van der Waals surface area contributed by atoms with Crippen molar-refractivity contribution in [3.05, 3.63) is 26.8 Å². The van der Waals surface area contributed by atoms with Crippen LogP contribution in [0.5, 0.6) is 5.75 Å². The van der Waals surface area contributed by atoms with Crippen LogP contribution in [0.15, 0.2) is 12.1 Å².